The number of H-pyrrole nitrogens is 1. The fourth-order valence-corrected chi connectivity index (χ4v) is 5.01. The largest absolute Gasteiger partial charge is 0.381 e. The average molecular weight is 389 g/mol. The molecular weight excluding hydrogens is 356 g/mol. The molecule has 0 spiro atoms. The van der Waals surface area contributed by atoms with Crippen molar-refractivity contribution in [2.45, 2.75) is 63.5 Å². The van der Waals surface area contributed by atoms with Crippen LogP contribution in [0.4, 0.5) is 0 Å². The van der Waals surface area contributed by atoms with Crippen molar-refractivity contribution >= 4 is 5.91 Å². The van der Waals surface area contributed by atoms with Crippen LogP contribution in [-0.4, -0.2) is 65.6 Å². The van der Waals surface area contributed by atoms with Gasteiger partial charge < -0.3 is 19.5 Å². The van der Waals surface area contributed by atoms with E-state index < -0.39 is 0 Å². The molecule has 3 atom stereocenters. The first kappa shape index (κ1) is 19.6. The number of rotatable bonds is 3. The molecule has 2 fully saturated rings. The van der Waals surface area contributed by atoms with E-state index in [-0.39, 0.29) is 29.4 Å². The molecule has 1 saturated heterocycles. The van der Waals surface area contributed by atoms with E-state index in [1.807, 2.05) is 11.9 Å². The number of methoxy groups -OCH3 is 1. The molecule has 1 aromatic heterocycles. The summed E-state index contributed by atoms with van der Waals surface area (Å²) in [6, 6.07) is 0. The Bertz CT molecular complexity index is 777. The highest BCUT2D eigenvalue weighted by Gasteiger charge is 2.34. The van der Waals surface area contributed by atoms with Crippen molar-refractivity contribution in [3.05, 3.63) is 27.4 Å². The fraction of sp³-hybridized carbons (Fsp3) is 0.762. The second-order valence-electron chi connectivity index (χ2n) is 8.71. The Morgan fingerprint density at radius 1 is 1.21 bits per heavy atom. The summed E-state index contributed by atoms with van der Waals surface area (Å²) >= 11 is 0. The quantitative estimate of drug-likeness (QED) is 0.852. The first-order chi connectivity index (χ1) is 13.5. The zero-order valence-corrected chi connectivity index (χ0v) is 17.1. The number of fused-ring (bicyclic) bond motifs is 1. The molecular formula is C21H32N4O3. The van der Waals surface area contributed by atoms with Crippen LogP contribution >= 0.6 is 0 Å². The molecule has 0 aromatic carbocycles. The fourth-order valence-electron chi connectivity index (χ4n) is 5.01. The van der Waals surface area contributed by atoms with Crippen molar-refractivity contribution in [1.82, 2.24) is 19.8 Å². The maximum absolute atomic E-state index is 13.1. The maximum Gasteiger partial charge on any atom is 0.255 e. The van der Waals surface area contributed by atoms with Crippen LogP contribution in [0.5, 0.6) is 0 Å². The lowest BCUT2D eigenvalue weighted by molar-refractivity contribution is -0.139. The molecule has 7 heteroatoms. The van der Waals surface area contributed by atoms with Crippen LogP contribution in [0, 0.1) is 5.92 Å². The van der Waals surface area contributed by atoms with Crippen LogP contribution in [0.25, 0.3) is 0 Å². The van der Waals surface area contributed by atoms with E-state index in [1.165, 1.54) is 0 Å². The van der Waals surface area contributed by atoms with Gasteiger partial charge in [-0.15, -0.1) is 0 Å². The van der Waals surface area contributed by atoms with E-state index >= 15 is 0 Å². The Labute approximate surface area is 166 Å². The van der Waals surface area contributed by atoms with Gasteiger partial charge in [0, 0.05) is 51.5 Å². The number of aromatic nitrogens is 2. The van der Waals surface area contributed by atoms with E-state index in [0.29, 0.717) is 13.1 Å². The van der Waals surface area contributed by atoms with Crippen LogP contribution in [0.1, 0.15) is 61.5 Å². The lowest BCUT2D eigenvalue weighted by Gasteiger charge is -2.37. The number of amides is 1. The Morgan fingerprint density at radius 3 is 2.89 bits per heavy atom. The lowest BCUT2D eigenvalue weighted by atomic mass is 9.85. The van der Waals surface area contributed by atoms with Gasteiger partial charge in [0.15, 0.2) is 0 Å². The maximum atomic E-state index is 13.1. The smallest absolute Gasteiger partial charge is 0.255 e. The standard InChI is InChI=1S/C21H32N4O3/c1-24-10-8-18-17(13-24)20(26)23-19(22-18)15-6-4-9-25(12-15)21(27)14-5-3-7-16(11-14)28-2/h14-16H,3-13H2,1-2H3,(H,22,23,26)/t14-,15-,16+/m0/s1. The zero-order chi connectivity index (χ0) is 19.7. The van der Waals surface area contributed by atoms with E-state index in [0.717, 1.165) is 75.1 Å². The minimum Gasteiger partial charge on any atom is -0.381 e. The summed E-state index contributed by atoms with van der Waals surface area (Å²) in [5.41, 5.74) is 1.73. The van der Waals surface area contributed by atoms with Crippen LogP contribution in [0.15, 0.2) is 4.79 Å². The van der Waals surface area contributed by atoms with E-state index in [4.69, 9.17) is 9.72 Å². The number of likely N-dealkylation sites (tertiary alicyclic amines) is 1. The van der Waals surface area contributed by atoms with Crippen LogP contribution < -0.4 is 5.56 Å². The molecule has 3 aliphatic rings. The normalized spacial score (nSPS) is 28.8. The van der Waals surface area contributed by atoms with Gasteiger partial charge in [-0.2, -0.15) is 0 Å². The van der Waals surface area contributed by atoms with Crippen molar-refractivity contribution in [1.29, 1.82) is 0 Å². The molecule has 0 radical (unpaired) electrons. The van der Waals surface area contributed by atoms with Crippen molar-refractivity contribution in [3.8, 4) is 0 Å². The molecule has 4 rings (SSSR count). The van der Waals surface area contributed by atoms with Crippen molar-refractivity contribution in [2.75, 3.05) is 33.8 Å². The number of aromatic amines is 1. The molecule has 1 N–H and O–H groups in total. The Kier molecular flexibility index (Phi) is 5.83. The van der Waals surface area contributed by atoms with Gasteiger partial charge in [0.2, 0.25) is 5.91 Å². The van der Waals surface area contributed by atoms with Gasteiger partial charge in [-0.05, 0) is 39.2 Å². The minimum atomic E-state index is -0.00906. The van der Waals surface area contributed by atoms with Crippen LogP contribution in [0.2, 0.25) is 0 Å². The molecule has 1 aliphatic carbocycles. The zero-order valence-electron chi connectivity index (χ0n) is 17.1. The van der Waals surface area contributed by atoms with Crippen LogP contribution in [-0.2, 0) is 22.5 Å². The average Bonchev–Trinajstić information content (AvgIpc) is 2.73. The number of ether oxygens (including phenoxy) is 1. The lowest BCUT2D eigenvalue weighted by Crippen LogP contribution is -2.44. The van der Waals surface area contributed by atoms with Crippen molar-refractivity contribution in [2.24, 2.45) is 5.92 Å². The summed E-state index contributed by atoms with van der Waals surface area (Å²) in [7, 11) is 3.77. The van der Waals surface area contributed by atoms with Gasteiger partial charge in [-0.1, -0.05) is 6.42 Å². The Morgan fingerprint density at radius 2 is 2.07 bits per heavy atom. The molecule has 1 saturated carbocycles. The monoisotopic (exact) mass is 388 g/mol. The predicted octanol–water partition coefficient (Wildman–Crippen LogP) is 1.67. The topological polar surface area (TPSA) is 78.5 Å². The number of nitrogens with one attached hydrogen (secondary N) is 1. The molecule has 2 aliphatic heterocycles. The van der Waals surface area contributed by atoms with Gasteiger partial charge in [-0.3, -0.25) is 9.59 Å². The van der Waals surface area contributed by atoms with E-state index in [9.17, 15) is 9.59 Å². The van der Waals surface area contributed by atoms with Gasteiger partial charge >= 0.3 is 0 Å². The third kappa shape index (κ3) is 4.01. The van der Waals surface area contributed by atoms with E-state index in [2.05, 4.69) is 9.88 Å². The minimum absolute atomic E-state index is 0.00906. The third-order valence-corrected chi connectivity index (χ3v) is 6.71. The summed E-state index contributed by atoms with van der Waals surface area (Å²) in [5, 5.41) is 0. The van der Waals surface area contributed by atoms with Gasteiger partial charge in [0.25, 0.3) is 5.56 Å². The molecule has 0 bridgehead atoms. The Balaban J connectivity index is 1.47. The molecule has 1 aromatic rings. The number of hydrogen-bond donors (Lipinski definition) is 1. The summed E-state index contributed by atoms with van der Waals surface area (Å²) in [6.45, 7) is 3.06. The molecule has 3 heterocycles. The third-order valence-electron chi connectivity index (χ3n) is 6.71. The van der Waals surface area contributed by atoms with Crippen molar-refractivity contribution < 1.29 is 9.53 Å². The highest BCUT2D eigenvalue weighted by molar-refractivity contribution is 5.79. The predicted molar refractivity (Wildman–Crippen MR) is 106 cm³/mol. The van der Waals surface area contributed by atoms with Crippen molar-refractivity contribution in [3.63, 3.8) is 0 Å². The second-order valence-corrected chi connectivity index (χ2v) is 8.71. The van der Waals surface area contributed by atoms with Gasteiger partial charge in [0.1, 0.15) is 5.82 Å². The molecule has 154 valence electrons. The number of carbonyl (C=O) groups excluding carboxylic acids is 1. The van der Waals surface area contributed by atoms with Crippen LogP contribution in [0.3, 0.4) is 0 Å². The number of carbonyl (C=O) groups is 1. The van der Waals surface area contributed by atoms with E-state index in [1.54, 1.807) is 7.11 Å². The SMILES string of the molecule is CO[C@@H]1CCC[C@H](C(=O)N2CCC[C@H](c3nc4c(c(=O)[nH]3)CN(C)CC4)C2)C1. The number of likely N-dealkylation sites (N-methyl/N-ethyl adjacent to an activating group) is 1. The molecule has 7 nitrogen and oxygen atoms in total. The summed E-state index contributed by atoms with van der Waals surface area (Å²) in [5.74, 6) is 1.22. The van der Waals surface area contributed by atoms with Gasteiger partial charge in [-0.25, -0.2) is 4.98 Å². The highest BCUT2D eigenvalue weighted by Crippen LogP contribution is 2.31. The molecule has 0 unspecified atom stereocenters. The molecule has 1 amide bonds. The first-order valence-electron chi connectivity index (χ1n) is 10.7. The first-order valence-corrected chi connectivity index (χ1v) is 10.7. The number of piperidine rings is 1. The summed E-state index contributed by atoms with van der Waals surface area (Å²) in [6.07, 6.45) is 6.85. The highest BCUT2D eigenvalue weighted by atomic mass is 16.5. The number of hydrogen-bond acceptors (Lipinski definition) is 5. The second kappa shape index (κ2) is 8.33. The van der Waals surface area contributed by atoms with Gasteiger partial charge in [0.05, 0.1) is 17.4 Å². The summed E-state index contributed by atoms with van der Waals surface area (Å²) < 4.78 is 5.50. The Hall–Kier alpha value is -1.73. The molecule has 28 heavy (non-hydrogen) atoms. The summed E-state index contributed by atoms with van der Waals surface area (Å²) in [4.78, 5) is 37.7. The number of nitrogens with zero attached hydrogens (tertiary/aromatic N) is 3.